The van der Waals surface area contributed by atoms with Crippen LogP contribution in [0.25, 0.3) is 0 Å². The van der Waals surface area contributed by atoms with E-state index in [2.05, 4.69) is 11.2 Å². The molecule has 0 aliphatic rings. The zero-order valence-electron chi connectivity index (χ0n) is 8.32. The van der Waals surface area contributed by atoms with Crippen molar-refractivity contribution < 1.29 is 9.53 Å². The molecule has 3 nitrogen and oxygen atoms in total. The molecule has 4 heteroatoms. The van der Waals surface area contributed by atoms with E-state index in [-0.39, 0.29) is 11.8 Å². The number of thioether (sulfide) groups is 1. The Morgan fingerprint density at radius 2 is 2.20 bits per heavy atom. The van der Waals surface area contributed by atoms with Crippen LogP contribution in [0, 0.1) is 12.3 Å². The van der Waals surface area contributed by atoms with Crippen molar-refractivity contribution in [3.05, 3.63) is 24.3 Å². The van der Waals surface area contributed by atoms with Crippen LogP contribution >= 0.6 is 11.8 Å². The number of ether oxygens (including phenoxy) is 1. The molecule has 0 saturated carbocycles. The first kappa shape index (κ1) is 11.5. The highest BCUT2D eigenvalue weighted by Crippen LogP contribution is 2.21. The van der Waals surface area contributed by atoms with E-state index in [0.717, 1.165) is 22.4 Å². The Balaban J connectivity index is 2.50. The molecular formula is C11H11NO2S. The van der Waals surface area contributed by atoms with Crippen molar-refractivity contribution in [3.8, 4) is 18.1 Å². The lowest BCUT2D eigenvalue weighted by molar-refractivity contribution is 0.261. The van der Waals surface area contributed by atoms with E-state index in [1.165, 1.54) is 0 Å². The molecule has 0 spiro atoms. The van der Waals surface area contributed by atoms with Crippen LogP contribution in [0.2, 0.25) is 0 Å². The number of carbonyl (C=O) groups is 1. The molecule has 0 atom stereocenters. The van der Waals surface area contributed by atoms with Crippen molar-refractivity contribution in [2.45, 2.75) is 4.90 Å². The fraction of sp³-hybridized carbons (Fsp3) is 0.182. The number of hydrogen-bond acceptors (Lipinski definition) is 3. The summed E-state index contributed by atoms with van der Waals surface area (Å²) in [6.07, 6.45) is 5.02. The summed E-state index contributed by atoms with van der Waals surface area (Å²) in [5.74, 6) is 3.10. The predicted molar refractivity (Wildman–Crippen MR) is 61.1 cm³/mol. The first-order valence-electron chi connectivity index (χ1n) is 4.29. The summed E-state index contributed by atoms with van der Waals surface area (Å²) < 4.78 is 5.00. The van der Waals surface area contributed by atoms with Gasteiger partial charge in [-0.05, 0) is 36.0 Å². The molecule has 1 rings (SSSR count). The molecule has 1 aromatic carbocycles. The van der Waals surface area contributed by atoms with Crippen molar-refractivity contribution >= 4 is 17.0 Å². The average Bonchev–Trinajstić information content (AvgIpc) is 2.27. The molecule has 1 amide bonds. The van der Waals surface area contributed by atoms with E-state index in [9.17, 15) is 4.79 Å². The third-order valence-corrected chi connectivity index (χ3v) is 2.44. The second kappa shape index (κ2) is 5.99. The number of terminal acetylenes is 1. The smallest absolute Gasteiger partial charge is 0.284 e. The third kappa shape index (κ3) is 3.96. The summed E-state index contributed by atoms with van der Waals surface area (Å²) in [4.78, 5) is 12.1. The summed E-state index contributed by atoms with van der Waals surface area (Å²) in [6.45, 7) is 0.252. The van der Waals surface area contributed by atoms with Crippen molar-refractivity contribution in [1.82, 2.24) is 5.32 Å². The summed E-state index contributed by atoms with van der Waals surface area (Å²) in [6, 6.07) is 7.24. The molecular weight excluding hydrogens is 210 g/mol. The molecule has 1 aromatic rings. The number of hydrogen-bond donors (Lipinski definition) is 1. The number of rotatable bonds is 3. The van der Waals surface area contributed by atoms with Crippen LogP contribution in [0.4, 0.5) is 4.79 Å². The average molecular weight is 221 g/mol. The molecule has 0 aliphatic heterocycles. The summed E-state index contributed by atoms with van der Waals surface area (Å²) in [5, 5.41) is 2.41. The van der Waals surface area contributed by atoms with Gasteiger partial charge in [-0.15, -0.1) is 6.42 Å². The van der Waals surface area contributed by atoms with Crippen molar-refractivity contribution in [2.75, 3.05) is 13.7 Å². The van der Waals surface area contributed by atoms with E-state index in [0.29, 0.717) is 0 Å². The minimum absolute atomic E-state index is 0.155. The van der Waals surface area contributed by atoms with Crippen LogP contribution in [0.15, 0.2) is 29.2 Å². The predicted octanol–water partition coefficient (Wildman–Crippen LogP) is 2.13. The second-order valence-electron chi connectivity index (χ2n) is 2.62. The third-order valence-electron chi connectivity index (χ3n) is 1.60. The van der Waals surface area contributed by atoms with Gasteiger partial charge in [-0.3, -0.25) is 4.79 Å². The minimum atomic E-state index is -0.155. The maximum absolute atomic E-state index is 11.3. The first-order chi connectivity index (χ1) is 7.26. The van der Waals surface area contributed by atoms with Crippen LogP contribution in [-0.2, 0) is 0 Å². The van der Waals surface area contributed by atoms with E-state index >= 15 is 0 Å². The second-order valence-corrected chi connectivity index (χ2v) is 3.67. The molecule has 78 valence electrons. The fourth-order valence-electron chi connectivity index (χ4n) is 0.910. The number of benzene rings is 1. The largest absolute Gasteiger partial charge is 0.497 e. The molecule has 0 unspecified atom stereocenters. The molecule has 0 aliphatic carbocycles. The zero-order valence-corrected chi connectivity index (χ0v) is 9.14. The van der Waals surface area contributed by atoms with Gasteiger partial charge in [-0.2, -0.15) is 0 Å². The molecule has 0 saturated heterocycles. The lowest BCUT2D eigenvalue weighted by Crippen LogP contribution is -2.18. The van der Waals surface area contributed by atoms with Crippen LogP contribution in [0.3, 0.4) is 0 Å². The fourth-order valence-corrected chi connectivity index (χ4v) is 1.54. The van der Waals surface area contributed by atoms with Gasteiger partial charge in [0.2, 0.25) is 0 Å². The van der Waals surface area contributed by atoms with Crippen LogP contribution in [0.5, 0.6) is 5.75 Å². The summed E-state index contributed by atoms with van der Waals surface area (Å²) in [7, 11) is 1.60. The molecule has 0 bridgehead atoms. The molecule has 0 aromatic heterocycles. The van der Waals surface area contributed by atoms with Gasteiger partial charge in [0.05, 0.1) is 13.7 Å². The Morgan fingerprint density at radius 1 is 1.53 bits per heavy atom. The maximum Gasteiger partial charge on any atom is 0.284 e. The maximum atomic E-state index is 11.3. The molecule has 1 N–H and O–H groups in total. The molecule has 0 radical (unpaired) electrons. The van der Waals surface area contributed by atoms with Gasteiger partial charge in [-0.25, -0.2) is 0 Å². The van der Waals surface area contributed by atoms with Gasteiger partial charge >= 0.3 is 0 Å². The number of methoxy groups -OCH3 is 1. The van der Waals surface area contributed by atoms with E-state index in [1.807, 2.05) is 12.1 Å². The standard InChI is InChI=1S/C11H11NO2S/c1-3-8-12-11(13)15-10-6-4-9(14-2)5-7-10/h1,4-7H,8H2,2H3,(H,12,13). The Morgan fingerprint density at radius 3 is 2.73 bits per heavy atom. The van der Waals surface area contributed by atoms with Crippen molar-refractivity contribution in [1.29, 1.82) is 0 Å². The van der Waals surface area contributed by atoms with Gasteiger partial charge in [0.1, 0.15) is 5.75 Å². The Bertz CT molecular complexity index is 367. The highest BCUT2D eigenvalue weighted by Gasteiger charge is 2.02. The molecule has 15 heavy (non-hydrogen) atoms. The Labute approximate surface area is 93.2 Å². The monoisotopic (exact) mass is 221 g/mol. The highest BCUT2D eigenvalue weighted by atomic mass is 32.2. The minimum Gasteiger partial charge on any atom is -0.497 e. The topological polar surface area (TPSA) is 38.3 Å². The Hall–Kier alpha value is -1.60. The van der Waals surface area contributed by atoms with E-state index in [1.54, 1.807) is 19.2 Å². The van der Waals surface area contributed by atoms with E-state index in [4.69, 9.17) is 11.2 Å². The summed E-state index contributed by atoms with van der Waals surface area (Å²) in [5.41, 5.74) is 0. The van der Waals surface area contributed by atoms with Crippen LogP contribution < -0.4 is 10.1 Å². The lowest BCUT2D eigenvalue weighted by Gasteiger charge is -2.02. The van der Waals surface area contributed by atoms with Crippen molar-refractivity contribution in [2.24, 2.45) is 0 Å². The summed E-state index contributed by atoms with van der Waals surface area (Å²) >= 11 is 1.10. The van der Waals surface area contributed by atoms with Gasteiger partial charge in [0.25, 0.3) is 5.24 Å². The van der Waals surface area contributed by atoms with Crippen LogP contribution in [0.1, 0.15) is 0 Å². The normalized spacial score (nSPS) is 9.07. The quantitative estimate of drug-likeness (QED) is 0.627. The van der Waals surface area contributed by atoms with Crippen molar-refractivity contribution in [3.63, 3.8) is 0 Å². The van der Waals surface area contributed by atoms with Crippen LogP contribution in [-0.4, -0.2) is 18.9 Å². The number of carbonyl (C=O) groups excluding carboxylic acids is 1. The Kier molecular flexibility index (Phi) is 4.58. The zero-order chi connectivity index (χ0) is 11.1. The first-order valence-corrected chi connectivity index (χ1v) is 5.11. The van der Waals surface area contributed by atoms with Gasteiger partial charge in [-0.1, -0.05) is 5.92 Å². The van der Waals surface area contributed by atoms with Gasteiger partial charge in [0.15, 0.2) is 0 Å². The van der Waals surface area contributed by atoms with Gasteiger partial charge in [0, 0.05) is 4.90 Å². The van der Waals surface area contributed by atoms with Gasteiger partial charge < -0.3 is 10.1 Å². The highest BCUT2D eigenvalue weighted by molar-refractivity contribution is 8.13. The number of amides is 1. The molecule has 0 heterocycles. The molecule has 0 fully saturated rings. The SMILES string of the molecule is C#CCNC(=O)Sc1ccc(OC)cc1. The van der Waals surface area contributed by atoms with E-state index < -0.39 is 0 Å². The lowest BCUT2D eigenvalue weighted by atomic mass is 10.3. The number of nitrogens with one attached hydrogen (secondary N) is 1.